The Bertz CT molecular complexity index is 680. The van der Waals surface area contributed by atoms with Crippen LogP contribution in [0.25, 0.3) is 0 Å². The van der Waals surface area contributed by atoms with Crippen LogP contribution in [0, 0.1) is 25.2 Å². The number of rotatable bonds is 3. The minimum absolute atomic E-state index is 0.0424. The Labute approximate surface area is 135 Å². The third-order valence-electron chi connectivity index (χ3n) is 5.14. The quantitative estimate of drug-likeness (QED) is 0.857. The number of nitrogens with one attached hydrogen (secondary N) is 1. The van der Waals surface area contributed by atoms with Crippen LogP contribution in [-0.2, 0) is 20.7 Å². The number of hydrogen-bond donors (Lipinski definition) is 1. The molecular weight excluding hydrogens is 296 g/mol. The molecule has 0 unspecified atom stereocenters. The Kier molecular flexibility index (Phi) is 4.04. The molecule has 1 aliphatic carbocycles. The highest BCUT2D eigenvalue weighted by atomic mass is 16.6. The Morgan fingerprint density at radius 3 is 2.87 bits per heavy atom. The van der Waals surface area contributed by atoms with E-state index in [0.29, 0.717) is 17.1 Å². The number of fused-ring (bicyclic) bond motifs is 1. The fourth-order valence-corrected chi connectivity index (χ4v) is 4.00. The molecule has 0 aromatic carbocycles. The molecule has 0 amide bonds. The molecule has 0 spiro atoms. The van der Waals surface area contributed by atoms with Gasteiger partial charge in [0.25, 0.3) is 5.56 Å². The number of carbonyl (C=O) groups excluding carboxylic acids is 1. The summed E-state index contributed by atoms with van der Waals surface area (Å²) in [6.07, 6.45) is 2.02. The maximum absolute atomic E-state index is 12.3. The van der Waals surface area contributed by atoms with Crippen LogP contribution in [0.5, 0.6) is 0 Å². The predicted octanol–water partition coefficient (Wildman–Crippen LogP) is 1.68. The second-order valence-corrected chi connectivity index (χ2v) is 7.22. The zero-order chi connectivity index (χ0) is 16.8. The number of aromatic amines is 1. The predicted molar refractivity (Wildman–Crippen MR) is 84.2 cm³/mol. The minimum Gasteiger partial charge on any atom is -0.461 e. The molecule has 3 atom stereocenters. The van der Waals surface area contributed by atoms with Gasteiger partial charge in [-0.1, -0.05) is 13.8 Å². The van der Waals surface area contributed by atoms with Gasteiger partial charge in [-0.3, -0.25) is 9.59 Å². The summed E-state index contributed by atoms with van der Waals surface area (Å²) in [5, 5.41) is 0. The summed E-state index contributed by atoms with van der Waals surface area (Å²) in [5.74, 6) is 0.455. The zero-order valence-corrected chi connectivity index (χ0v) is 14.1. The van der Waals surface area contributed by atoms with Crippen molar-refractivity contribution in [3.05, 3.63) is 27.4 Å². The van der Waals surface area contributed by atoms with Crippen LogP contribution in [-0.4, -0.2) is 34.8 Å². The van der Waals surface area contributed by atoms with Crippen molar-refractivity contribution in [2.75, 3.05) is 6.61 Å². The SMILES string of the molecule is Cc1nc(C)c(CC(=O)O[C@@H]2[C@H]3CCCO[C@@H]3C2(C)C)c(=O)[nH]1. The van der Waals surface area contributed by atoms with E-state index in [2.05, 4.69) is 23.8 Å². The molecule has 1 saturated carbocycles. The van der Waals surface area contributed by atoms with Crippen molar-refractivity contribution in [1.29, 1.82) is 0 Å². The average molecular weight is 320 g/mol. The number of ether oxygens (including phenoxy) is 2. The van der Waals surface area contributed by atoms with Gasteiger partial charge in [0.05, 0.1) is 12.5 Å². The monoisotopic (exact) mass is 320 g/mol. The Balaban J connectivity index is 1.70. The molecule has 2 fully saturated rings. The van der Waals surface area contributed by atoms with Crippen LogP contribution in [0.4, 0.5) is 0 Å². The lowest BCUT2D eigenvalue weighted by Crippen LogP contribution is -2.65. The van der Waals surface area contributed by atoms with Gasteiger partial charge in [0.1, 0.15) is 11.9 Å². The summed E-state index contributed by atoms with van der Waals surface area (Å²) in [4.78, 5) is 31.2. The fraction of sp³-hybridized carbons (Fsp3) is 0.706. The van der Waals surface area contributed by atoms with E-state index in [1.165, 1.54) is 0 Å². The zero-order valence-electron chi connectivity index (χ0n) is 14.1. The van der Waals surface area contributed by atoms with Crippen LogP contribution in [0.15, 0.2) is 4.79 Å². The van der Waals surface area contributed by atoms with Gasteiger partial charge in [-0.2, -0.15) is 0 Å². The van der Waals surface area contributed by atoms with Crippen LogP contribution in [0.1, 0.15) is 43.8 Å². The Morgan fingerprint density at radius 1 is 1.43 bits per heavy atom. The van der Waals surface area contributed by atoms with Crippen LogP contribution in [0.2, 0.25) is 0 Å². The maximum Gasteiger partial charge on any atom is 0.310 e. The van der Waals surface area contributed by atoms with E-state index >= 15 is 0 Å². The van der Waals surface area contributed by atoms with Gasteiger partial charge < -0.3 is 14.5 Å². The Hall–Kier alpha value is -1.69. The summed E-state index contributed by atoms with van der Waals surface area (Å²) in [7, 11) is 0. The summed E-state index contributed by atoms with van der Waals surface area (Å²) in [6, 6.07) is 0. The Morgan fingerprint density at radius 2 is 2.17 bits per heavy atom. The highest BCUT2D eigenvalue weighted by molar-refractivity contribution is 5.73. The normalized spacial score (nSPS) is 28.6. The van der Waals surface area contributed by atoms with E-state index in [9.17, 15) is 9.59 Å². The second kappa shape index (κ2) is 5.74. The molecule has 126 valence electrons. The lowest BCUT2D eigenvalue weighted by molar-refractivity contribution is -0.254. The molecule has 0 bridgehead atoms. The fourth-order valence-electron chi connectivity index (χ4n) is 4.00. The lowest BCUT2D eigenvalue weighted by Gasteiger charge is -2.58. The third-order valence-corrected chi connectivity index (χ3v) is 5.14. The van der Waals surface area contributed by atoms with Gasteiger partial charge in [-0.25, -0.2) is 4.98 Å². The molecule has 0 radical (unpaired) electrons. The van der Waals surface area contributed by atoms with E-state index < -0.39 is 0 Å². The molecule has 1 aromatic heterocycles. The molecule has 1 aliphatic heterocycles. The van der Waals surface area contributed by atoms with Crippen molar-refractivity contribution >= 4 is 5.97 Å². The number of esters is 1. The summed E-state index contributed by atoms with van der Waals surface area (Å²) >= 11 is 0. The number of carbonyl (C=O) groups is 1. The van der Waals surface area contributed by atoms with Crippen molar-refractivity contribution < 1.29 is 14.3 Å². The summed E-state index contributed by atoms with van der Waals surface area (Å²) in [6.45, 7) is 8.39. The van der Waals surface area contributed by atoms with Gasteiger partial charge in [0, 0.05) is 29.2 Å². The molecule has 23 heavy (non-hydrogen) atoms. The standard InChI is InChI=1S/C17H24N2O4/c1-9-12(16(21)19-10(2)18-9)8-13(20)23-15-11-6-5-7-22-14(11)17(15,3)4/h11,14-15H,5-8H2,1-4H3,(H,18,19,21)/t11-,14-,15+/m0/s1. The van der Waals surface area contributed by atoms with E-state index in [4.69, 9.17) is 9.47 Å². The van der Waals surface area contributed by atoms with Crippen molar-refractivity contribution in [3.8, 4) is 0 Å². The van der Waals surface area contributed by atoms with Crippen molar-refractivity contribution in [2.45, 2.75) is 59.2 Å². The first kappa shape index (κ1) is 16.2. The number of hydrogen-bond acceptors (Lipinski definition) is 5. The van der Waals surface area contributed by atoms with Gasteiger partial charge in [0.2, 0.25) is 0 Å². The molecule has 1 N–H and O–H groups in total. The van der Waals surface area contributed by atoms with Crippen LogP contribution >= 0.6 is 0 Å². The molecular formula is C17H24N2O4. The number of aryl methyl sites for hydroxylation is 2. The molecule has 6 nitrogen and oxygen atoms in total. The topological polar surface area (TPSA) is 81.3 Å². The van der Waals surface area contributed by atoms with E-state index in [0.717, 1.165) is 19.4 Å². The first-order valence-electron chi connectivity index (χ1n) is 8.18. The first-order chi connectivity index (χ1) is 10.8. The van der Waals surface area contributed by atoms with E-state index in [1.54, 1.807) is 13.8 Å². The number of aromatic nitrogens is 2. The molecule has 6 heteroatoms. The second-order valence-electron chi connectivity index (χ2n) is 7.22. The maximum atomic E-state index is 12.3. The van der Waals surface area contributed by atoms with E-state index in [1.807, 2.05) is 0 Å². The van der Waals surface area contributed by atoms with Gasteiger partial charge in [0.15, 0.2) is 0 Å². The highest BCUT2D eigenvalue weighted by Crippen LogP contribution is 2.52. The molecule has 1 saturated heterocycles. The smallest absolute Gasteiger partial charge is 0.310 e. The van der Waals surface area contributed by atoms with Crippen molar-refractivity contribution in [2.24, 2.45) is 11.3 Å². The molecule has 2 heterocycles. The van der Waals surface area contributed by atoms with Crippen molar-refractivity contribution in [1.82, 2.24) is 9.97 Å². The van der Waals surface area contributed by atoms with Gasteiger partial charge >= 0.3 is 5.97 Å². The van der Waals surface area contributed by atoms with E-state index in [-0.39, 0.29) is 41.5 Å². The minimum atomic E-state index is -0.369. The summed E-state index contributed by atoms with van der Waals surface area (Å²) in [5.41, 5.74) is 0.524. The highest BCUT2D eigenvalue weighted by Gasteiger charge is 2.60. The first-order valence-corrected chi connectivity index (χ1v) is 8.18. The number of nitrogens with zero attached hydrogens (tertiary/aromatic N) is 1. The van der Waals surface area contributed by atoms with Crippen LogP contribution < -0.4 is 5.56 Å². The molecule has 3 rings (SSSR count). The third kappa shape index (κ3) is 2.80. The number of H-pyrrole nitrogens is 1. The molecule has 1 aromatic rings. The largest absolute Gasteiger partial charge is 0.461 e. The molecule has 2 aliphatic rings. The summed E-state index contributed by atoms with van der Waals surface area (Å²) < 4.78 is 11.5. The van der Waals surface area contributed by atoms with Crippen molar-refractivity contribution in [3.63, 3.8) is 0 Å². The average Bonchev–Trinajstić information content (AvgIpc) is 2.48. The van der Waals surface area contributed by atoms with Gasteiger partial charge in [-0.05, 0) is 26.7 Å². The van der Waals surface area contributed by atoms with Gasteiger partial charge in [-0.15, -0.1) is 0 Å². The van der Waals surface area contributed by atoms with Crippen LogP contribution in [0.3, 0.4) is 0 Å². The lowest BCUT2D eigenvalue weighted by atomic mass is 9.57.